The maximum atomic E-state index is 13.6. The maximum absolute atomic E-state index is 13.6. The van der Waals surface area contributed by atoms with Gasteiger partial charge in [0, 0.05) is 0 Å². The molecule has 0 aliphatic carbocycles. The van der Waals surface area contributed by atoms with Crippen LogP contribution in [0.1, 0.15) is 11.7 Å². The van der Waals surface area contributed by atoms with Crippen LogP contribution < -0.4 is 14.9 Å². The fourth-order valence-electron chi connectivity index (χ4n) is 5.25. The van der Waals surface area contributed by atoms with E-state index in [9.17, 15) is 50.8 Å². The van der Waals surface area contributed by atoms with Gasteiger partial charge in [0.25, 0.3) is 0 Å². The van der Waals surface area contributed by atoms with E-state index in [1.54, 1.807) is 0 Å². The van der Waals surface area contributed by atoms with Gasteiger partial charge in [-0.05, 0) is 29.8 Å². The summed E-state index contributed by atoms with van der Waals surface area (Å²) in [7, 11) is 1.32. The van der Waals surface area contributed by atoms with Gasteiger partial charge in [-0.3, -0.25) is 4.79 Å². The van der Waals surface area contributed by atoms with E-state index in [2.05, 4.69) is 0 Å². The number of aromatic hydroxyl groups is 1. The molecule has 2 aromatic carbocycles. The first-order valence-electron chi connectivity index (χ1n) is 13.3. The molecule has 0 bridgehead atoms. The quantitative estimate of drug-likeness (QED) is 0.139. The summed E-state index contributed by atoms with van der Waals surface area (Å²) in [4.78, 5) is 13.6. The zero-order chi connectivity index (χ0) is 31.2. The lowest BCUT2D eigenvalue weighted by Gasteiger charge is -2.40. The lowest BCUT2D eigenvalue weighted by Crippen LogP contribution is -2.60. The SMILES string of the molecule is COc1cc(-c2coc3c([C@@H]4O[C@H](CO)[C@@H](O)[C@H](O)[C@H]4O)c(O)ccc3c2=O)ccc1O[C@@H]1O[C@H](CO)[C@@H](O)[C@H](O)[C@H]1O. The Balaban J connectivity index is 1.49. The fourth-order valence-corrected chi connectivity index (χ4v) is 5.25. The predicted octanol–water partition coefficient (Wildman–Crippen LogP) is -2.13. The Bertz CT molecular complexity index is 1500. The Morgan fingerprint density at radius 3 is 2.09 bits per heavy atom. The molecule has 1 aromatic heterocycles. The normalized spacial score (nSPS) is 33.0. The van der Waals surface area contributed by atoms with E-state index in [-0.39, 0.29) is 33.6 Å². The summed E-state index contributed by atoms with van der Waals surface area (Å²) in [6.45, 7) is -1.34. The van der Waals surface area contributed by atoms with Crippen LogP contribution in [0.15, 0.2) is 45.8 Å². The van der Waals surface area contributed by atoms with Crippen molar-refractivity contribution in [2.45, 2.75) is 61.2 Å². The molecule has 0 amide bonds. The average molecular weight is 609 g/mol. The van der Waals surface area contributed by atoms with Crippen LogP contribution in [0, 0.1) is 0 Å². The summed E-state index contributed by atoms with van der Waals surface area (Å²) < 4.78 is 27.7. The number of aliphatic hydroxyl groups excluding tert-OH is 8. The molecule has 2 fully saturated rings. The van der Waals surface area contributed by atoms with Crippen LogP contribution in [0.4, 0.5) is 0 Å². The molecule has 10 atom stereocenters. The van der Waals surface area contributed by atoms with Crippen molar-refractivity contribution in [3.63, 3.8) is 0 Å². The zero-order valence-corrected chi connectivity index (χ0v) is 22.6. The number of methoxy groups -OCH3 is 1. The summed E-state index contributed by atoms with van der Waals surface area (Å²) in [6, 6.07) is 6.77. The smallest absolute Gasteiger partial charge is 0.229 e. The summed E-state index contributed by atoms with van der Waals surface area (Å²) in [5, 5.41) is 90.9. The summed E-state index contributed by atoms with van der Waals surface area (Å²) in [6.07, 6.45) is -14.3. The Kier molecular flexibility index (Phi) is 8.92. The van der Waals surface area contributed by atoms with E-state index in [0.29, 0.717) is 5.56 Å². The highest BCUT2D eigenvalue weighted by Crippen LogP contribution is 2.41. The van der Waals surface area contributed by atoms with E-state index in [0.717, 1.165) is 6.26 Å². The summed E-state index contributed by atoms with van der Waals surface area (Å²) in [5.41, 5.74) is -0.532. The molecular weight excluding hydrogens is 576 g/mol. The molecule has 2 saturated heterocycles. The topological polar surface area (TPSA) is 249 Å². The van der Waals surface area contributed by atoms with Crippen LogP contribution in [0.2, 0.25) is 0 Å². The number of fused-ring (bicyclic) bond motifs is 1. The fraction of sp³-hybridized carbons (Fsp3) is 0.464. The molecule has 3 aromatic rings. The van der Waals surface area contributed by atoms with Gasteiger partial charge >= 0.3 is 0 Å². The molecule has 15 heteroatoms. The molecule has 2 aliphatic rings. The van der Waals surface area contributed by atoms with Crippen molar-refractivity contribution >= 4 is 11.0 Å². The zero-order valence-electron chi connectivity index (χ0n) is 22.6. The molecule has 0 spiro atoms. The number of hydrogen-bond acceptors (Lipinski definition) is 15. The molecule has 2 aliphatic heterocycles. The van der Waals surface area contributed by atoms with Gasteiger partial charge in [0.05, 0.1) is 36.8 Å². The first-order chi connectivity index (χ1) is 20.5. The number of ether oxygens (including phenoxy) is 4. The van der Waals surface area contributed by atoms with Crippen molar-refractivity contribution < 1.29 is 69.3 Å². The lowest BCUT2D eigenvalue weighted by atomic mass is 9.89. The Morgan fingerprint density at radius 1 is 0.791 bits per heavy atom. The lowest BCUT2D eigenvalue weighted by molar-refractivity contribution is -0.277. The monoisotopic (exact) mass is 608 g/mol. The minimum absolute atomic E-state index is 0.0251. The number of phenols is 1. The summed E-state index contributed by atoms with van der Waals surface area (Å²) >= 11 is 0. The van der Waals surface area contributed by atoms with Crippen molar-refractivity contribution in [1.29, 1.82) is 0 Å². The van der Waals surface area contributed by atoms with Crippen LogP contribution in [0.3, 0.4) is 0 Å². The van der Waals surface area contributed by atoms with Gasteiger partial charge in [0.2, 0.25) is 11.7 Å². The van der Waals surface area contributed by atoms with Gasteiger partial charge < -0.3 is 69.3 Å². The molecule has 0 unspecified atom stereocenters. The number of aliphatic hydroxyl groups is 8. The van der Waals surface area contributed by atoms with Crippen LogP contribution >= 0.6 is 0 Å². The van der Waals surface area contributed by atoms with Gasteiger partial charge in [-0.1, -0.05) is 6.07 Å². The molecule has 234 valence electrons. The highest BCUT2D eigenvalue weighted by molar-refractivity contribution is 5.86. The second kappa shape index (κ2) is 12.3. The summed E-state index contributed by atoms with van der Waals surface area (Å²) in [5.74, 6) is -0.304. The van der Waals surface area contributed by atoms with E-state index < -0.39 is 85.6 Å². The van der Waals surface area contributed by atoms with Crippen molar-refractivity contribution in [2.75, 3.05) is 20.3 Å². The number of benzene rings is 2. The molecule has 9 N–H and O–H groups in total. The van der Waals surface area contributed by atoms with Crippen molar-refractivity contribution in [1.82, 2.24) is 0 Å². The van der Waals surface area contributed by atoms with Crippen molar-refractivity contribution in [3.8, 4) is 28.4 Å². The minimum Gasteiger partial charge on any atom is -0.507 e. The molecule has 0 saturated carbocycles. The average Bonchev–Trinajstić information content (AvgIpc) is 3.01. The molecule has 3 heterocycles. The Morgan fingerprint density at radius 2 is 1.44 bits per heavy atom. The predicted molar refractivity (Wildman–Crippen MR) is 143 cm³/mol. The van der Waals surface area contributed by atoms with Crippen molar-refractivity contribution in [3.05, 3.63) is 52.4 Å². The molecule has 0 radical (unpaired) electrons. The standard InChI is InChI=1S/C28H32O15/c1-39-15-6-10(2-5-14(15)42-28-25(38)23(36)21(34)17(8-30)43-28)12-9-40-26-11(19(12)32)3-4-13(31)18(26)27-24(37)22(35)20(33)16(7-29)41-27/h2-6,9,16-17,20-25,27-31,33-38H,7-8H2,1H3/t16-,17-,20-,21-,22+,23+,24-,25-,27+,28-/m1/s1. The van der Waals surface area contributed by atoms with Gasteiger partial charge in [0.1, 0.15) is 72.5 Å². The van der Waals surface area contributed by atoms with Crippen LogP contribution in [0.5, 0.6) is 17.2 Å². The maximum Gasteiger partial charge on any atom is 0.229 e. The molecule has 43 heavy (non-hydrogen) atoms. The molecular formula is C28H32O15. The van der Waals surface area contributed by atoms with E-state index in [4.69, 9.17) is 23.4 Å². The molecule has 15 nitrogen and oxygen atoms in total. The van der Waals surface area contributed by atoms with Gasteiger partial charge in [-0.25, -0.2) is 0 Å². The number of rotatable bonds is 7. The van der Waals surface area contributed by atoms with E-state index >= 15 is 0 Å². The Hall–Kier alpha value is -3.35. The first kappa shape index (κ1) is 31.1. The second-order valence-electron chi connectivity index (χ2n) is 10.3. The van der Waals surface area contributed by atoms with E-state index in [1.165, 1.54) is 37.4 Å². The van der Waals surface area contributed by atoms with Crippen LogP contribution in [-0.4, -0.2) is 121 Å². The van der Waals surface area contributed by atoms with Crippen LogP contribution in [-0.2, 0) is 9.47 Å². The largest absolute Gasteiger partial charge is 0.507 e. The highest BCUT2D eigenvalue weighted by atomic mass is 16.7. The van der Waals surface area contributed by atoms with Crippen LogP contribution in [0.25, 0.3) is 22.1 Å². The number of phenolic OH excluding ortho intramolecular Hbond substituents is 1. The molecule has 5 rings (SSSR count). The Labute approximate surface area is 242 Å². The second-order valence-corrected chi connectivity index (χ2v) is 10.3. The van der Waals surface area contributed by atoms with E-state index in [1.807, 2.05) is 0 Å². The highest BCUT2D eigenvalue weighted by Gasteiger charge is 2.46. The third kappa shape index (κ3) is 5.44. The minimum atomic E-state index is -1.74. The van der Waals surface area contributed by atoms with Crippen molar-refractivity contribution in [2.24, 2.45) is 0 Å². The first-order valence-corrected chi connectivity index (χ1v) is 13.3. The van der Waals surface area contributed by atoms with Gasteiger partial charge in [-0.2, -0.15) is 0 Å². The third-order valence-electron chi connectivity index (χ3n) is 7.70. The van der Waals surface area contributed by atoms with Gasteiger partial charge in [0.15, 0.2) is 11.5 Å². The van der Waals surface area contributed by atoms with Gasteiger partial charge in [-0.15, -0.1) is 0 Å². The third-order valence-corrected chi connectivity index (χ3v) is 7.70. The number of hydrogen-bond donors (Lipinski definition) is 9.